The maximum Gasteiger partial charge on any atom is 0.168 e. The van der Waals surface area contributed by atoms with Crippen LogP contribution in [0.4, 0.5) is 0 Å². The number of thiocarbonyl (C=S) groups is 1. The average Bonchev–Trinajstić information content (AvgIpc) is 1.88. The largest absolute Gasteiger partial charge is 0.489 e. The molecule has 0 fully saturated rings. The molecule has 0 amide bonds. The normalized spacial score (nSPS) is 11.5. The number of allylic oxidation sites excluding steroid dienone is 2. The van der Waals surface area contributed by atoms with E-state index in [4.69, 9.17) is 23.4 Å². The molecule has 0 N–H and O–H groups in total. The number of rotatable bonds is 3. The quantitative estimate of drug-likeness (QED) is 0.363. The second-order valence-electron chi connectivity index (χ2n) is 2.34. The topological polar surface area (TPSA) is 9.23 Å². The van der Waals surface area contributed by atoms with Crippen LogP contribution in [0.25, 0.3) is 0 Å². The van der Waals surface area contributed by atoms with E-state index in [1.165, 1.54) is 0 Å². The summed E-state index contributed by atoms with van der Waals surface area (Å²) < 4.78 is 4.95. The van der Waals surface area contributed by atoms with Crippen molar-refractivity contribution in [3.8, 4) is 12.3 Å². The van der Waals surface area contributed by atoms with Crippen molar-refractivity contribution >= 4 is 17.1 Å². The Morgan fingerprint density at radius 2 is 2.09 bits per heavy atom. The molecule has 60 valence electrons. The predicted octanol–water partition coefficient (Wildman–Crippen LogP) is 2.32. The molecule has 0 rings (SSSR count). The van der Waals surface area contributed by atoms with E-state index in [-0.39, 0.29) is 0 Å². The van der Waals surface area contributed by atoms with E-state index in [1.807, 2.05) is 13.8 Å². The molecule has 1 nitrogen and oxygen atoms in total. The van der Waals surface area contributed by atoms with Gasteiger partial charge in [-0.1, -0.05) is 12.2 Å². The van der Waals surface area contributed by atoms with Gasteiger partial charge in [-0.05, 0) is 30.2 Å². The fourth-order valence-corrected chi connectivity index (χ4v) is 1.03. The zero-order valence-electron chi connectivity index (χ0n) is 7.10. The number of methoxy groups -OCH3 is 1. The third-order valence-corrected chi connectivity index (χ3v) is 1.38. The van der Waals surface area contributed by atoms with E-state index in [1.54, 1.807) is 7.11 Å². The Hall–Kier alpha value is -0.810. The van der Waals surface area contributed by atoms with Crippen LogP contribution in [-0.2, 0) is 4.74 Å². The summed E-state index contributed by atoms with van der Waals surface area (Å²) in [6.07, 6.45) is 5.92. The number of ether oxygens (including phenoxy) is 1. The molecule has 0 radical (unpaired) electrons. The molecule has 0 atom stereocenters. The summed E-state index contributed by atoms with van der Waals surface area (Å²) in [6.45, 7) is 3.82. The molecule has 0 aliphatic carbocycles. The first-order chi connectivity index (χ1) is 5.11. The fourth-order valence-electron chi connectivity index (χ4n) is 0.810. The summed E-state index contributed by atoms with van der Waals surface area (Å²) in [6, 6.07) is 0. The van der Waals surface area contributed by atoms with Crippen molar-refractivity contribution in [1.82, 2.24) is 0 Å². The minimum Gasteiger partial charge on any atom is -0.489 e. The van der Waals surface area contributed by atoms with Gasteiger partial charge in [-0.3, -0.25) is 0 Å². The lowest BCUT2D eigenvalue weighted by atomic mass is 10.1. The molecule has 0 saturated heterocycles. The van der Waals surface area contributed by atoms with Gasteiger partial charge >= 0.3 is 0 Å². The van der Waals surface area contributed by atoms with Crippen molar-refractivity contribution in [1.29, 1.82) is 0 Å². The van der Waals surface area contributed by atoms with Crippen LogP contribution in [0.2, 0.25) is 0 Å². The first kappa shape index (κ1) is 10.2. The minimum absolute atomic E-state index is 0.592. The highest BCUT2D eigenvalue weighted by atomic mass is 32.1. The fraction of sp³-hybridized carbons (Fsp3) is 0.444. The molecule has 0 aromatic heterocycles. The monoisotopic (exact) mass is 168 g/mol. The smallest absolute Gasteiger partial charge is 0.168 e. The molecule has 0 spiro atoms. The lowest BCUT2D eigenvalue weighted by Gasteiger charge is -2.03. The summed E-state index contributed by atoms with van der Waals surface area (Å²) in [4.78, 5) is 0.923. The predicted molar refractivity (Wildman–Crippen MR) is 51.4 cm³/mol. The van der Waals surface area contributed by atoms with Crippen LogP contribution in [0.1, 0.15) is 20.3 Å². The molecule has 0 aliphatic heterocycles. The third kappa shape index (κ3) is 3.79. The molecule has 0 heterocycles. The summed E-state index contributed by atoms with van der Waals surface area (Å²) in [5.74, 6) is 3.05. The Labute approximate surface area is 73.4 Å². The van der Waals surface area contributed by atoms with Crippen molar-refractivity contribution in [2.24, 2.45) is 0 Å². The van der Waals surface area contributed by atoms with Gasteiger partial charge in [0.1, 0.15) is 0 Å². The van der Waals surface area contributed by atoms with Gasteiger partial charge in [0.05, 0.1) is 7.11 Å². The van der Waals surface area contributed by atoms with Crippen LogP contribution in [0.15, 0.2) is 11.3 Å². The van der Waals surface area contributed by atoms with Gasteiger partial charge in [-0.25, -0.2) is 0 Å². The zero-order chi connectivity index (χ0) is 8.85. The molecule has 0 saturated carbocycles. The van der Waals surface area contributed by atoms with Crippen LogP contribution in [-0.4, -0.2) is 12.0 Å². The van der Waals surface area contributed by atoms with E-state index in [0.717, 1.165) is 16.9 Å². The van der Waals surface area contributed by atoms with E-state index >= 15 is 0 Å². The Balaban J connectivity index is 4.39. The van der Waals surface area contributed by atoms with E-state index in [0.29, 0.717) is 5.76 Å². The number of hydrogen-bond donors (Lipinski definition) is 0. The molecule has 0 aromatic rings. The van der Waals surface area contributed by atoms with Crippen molar-refractivity contribution in [2.75, 3.05) is 7.11 Å². The first-order valence-electron chi connectivity index (χ1n) is 3.31. The molecule has 0 bridgehead atoms. The Morgan fingerprint density at radius 3 is 2.36 bits per heavy atom. The molecule has 0 unspecified atom stereocenters. The Morgan fingerprint density at radius 1 is 1.55 bits per heavy atom. The molecular formula is C9H12OS. The van der Waals surface area contributed by atoms with Crippen LogP contribution < -0.4 is 0 Å². The lowest BCUT2D eigenvalue weighted by Crippen LogP contribution is -1.93. The molecule has 0 aromatic carbocycles. The summed E-state index contributed by atoms with van der Waals surface area (Å²) >= 11 is 4.93. The summed E-state index contributed by atoms with van der Waals surface area (Å²) in [5, 5.41) is 0. The highest BCUT2D eigenvalue weighted by Gasteiger charge is 1.99. The van der Waals surface area contributed by atoms with E-state index in [9.17, 15) is 0 Å². The van der Waals surface area contributed by atoms with E-state index < -0.39 is 0 Å². The standard InChI is InChI=1S/C9H12OS/c1-5-9(10-4)7(2)6-8(3)11/h1H,6H2,2-4H3/b9-7+. The molecular weight excluding hydrogens is 156 g/mol. The minimum atomic E-state index is 0.592. The van der Waals surface area contributed by atoms with Crippen molar-refractivity contribution in [3.63, 3.8) is 0 Å². The van der Waals surface area contributed by atoms with Gasteiger partial charge in [0.2, 0.25) is 0 Å². The zero-order valence-corrected chi connectivity index (χ0v) is 7.92. The third-order valence-electron chi connectivity index (χ3n) is 1.24. The molecule has 0 aliphatic rings. The maximum atomic E-state index is 5.18. The Kier molecular flexibility index (Phi) is 4.56. The molecule has 2 heteroatoms. The van der Waals surface area contributed by atoms with Crippen LogP contribution in [0.5, 0.6) is 0 Å². The van der Waals surface area contributed by atoms with E-state index in [2.05, 4.69) is 5.92 Å². The van der Waals surface area contributed by atoms with Gasteiger partial charge in [-0.15, -0.1) is 6.42 Å². The SMILES string of the molecule is C#C/C(OC)=C(/C)CC(C)=S. The van der Waals surface area contributed by atoms with Crippen molar-refractivity contribution in [3.05, 3.63) is 11.3 Å². The molecule has 11 heavy (non-hydrogen) atoms. The van der Waals surface area contributed by atoms with Gasteiger partial charge in [0, 0.05) is 6.42 Å². The highest BCUT2D eigenvalue weighted by Crippen LogP contribution is 2.08. The van der Waals surface area contributed by atoms with Crippen molar-refractivity contribution < 1.29 is 4.74 Å². The second-order valence-corrected chi connectivity index (χ2v) is 3.03. The summed E-state index contributed by atoms with van der Waals surface area (Å²) in [7, 11) is 1.57. The van der Waals surface area contributed by atoms with Gasteiger partial charge in [0.25, 0.3) is 0 Å². The van der Waals surface area contributed by atoms with Crippen LogP contribution >= 0.6 is 12.2 Å². The van der Waals surface area contributed by atoms with Crippen LogP contribution in [0.3, 0.4) is 0 Å². The summed E-state index contributed by atoms with van der Waals surface area (Å²) in [5.41, 5.74) is 1.02. The average molecular weight is 168 g/mol. The van der Waals surface area contributed by atoms with Crippen molar-refractivity contribution in [2.45, 2.75) is 20.3 Å². The highest BCUT2D eigenvalue weighted by molar-refractivity contribution is 7.80. The first-order valence-corrected chi connectivity index (χ1v) is 3.72. The number of hydrogen-bond acceptors (Lipinski definition) is 2. The van der Waals surface area contributed by atoms with Gasteiger partial charge in [-0.2, -0.15) is 0 Å². The number of terminal acetylenes is 1. The van der Waals surface area contributed by atoms with Gasteiger partial charge in [0.15, 0.2) is 5.76 Å². The lowest BCUT2D eigenvalue weighted by molar-refractivity contribution is 0.306. The Bertz CT molecular complexity index is 220. The second kappa shape index (κ2) is 4.92. The van der Waals surface area contributed by atoms with Crippen LogP contribution in [0, 0.1) is 12.3 Å². The maximum absolute atomic E-state index is 5.18. The van der Waals surface area contributed by atoms with Gasteiger partial charge < -0.3 is 4.74 Å².